The van der Waals surface area contributed by atoms with E-state index < -0.39 is 5.91 Å². The summed E-state index contributed by atoms with van der Waals surface area (Å²) in [4.78, 5) is 24.3. The normalized spacial score (nSPS) is 10.3. The molecule has 6 nitrogen and oxygen atoms in total. The monoisotopic (exact) mass is 257 g/mol. The number of aromatic nitrogens is 2. The standard InChI is InChI=1S/C13H11N3O3/c1-8(2)12-15-16-13(19-12)10-5-3-9(4-6-10)11(18)14-7-17/h3-6,8H,1-2H3. The molecule has 0 radical (unpaired) electrons. The Balaban J connectivity index is 2.26. The van der Waals surface area contributed by atoms with Crippen molar-refractivity contribution in [1.82, 2.24) is 10.2 Å². The van der Waals surface area contributed by atoms with Crippen LogP contribution in [-0.2, 0) is 4.79 Å². The van der Waals surface area contributed by atoms with E-state index in [1.807, 2.05) is 13.8 Å². The Labute approximate surface area is 109 Å². The number of rotatable bonds is 3. The summed E-state index contributed by atoms with van der Waals surface area (Å²) in [7, 11) is 0. The van der Waals surface area contributed by atoms with Gasteiger partial charge in [0.15, 0.2) is 0 Å². The molecule has 2 rings (SSSR count). The minimum Gasteiger partial charge on any atom is -0.420 e. The average molecular weight is 257 g/mol. The molecule has 0 bridgehead atoms. The van der Waals surface area contributed by atoms with Gasteiger partial charge in [-0.1, -0.05) is 13.8 Å². The predicted octanol–water partition coefficient (Wildman–Crippen LogP) is 2.34. The Morgan fingerprint density at radius 3 is 2.47 bits per heavy atom. The van der Waals surface area contributed by atoms with Crippen LogP contribution in [0, 0.1) is 0 Å². The number of hydrogen-bond acceptors (Lipinski definition) is 5. The van der Waals surface area contributed by atoms with E-state index in [4.69, 9.17) is 4.42 Å². The van der Waals surface area contributed by atoms with Gasteiger partial charge in [0.25, 0.3) is 5.91 Å². The van der Waals surface area contributed by atoms with E-state index in [-0.39, 0.29) is 5.92 Å². The first-order chi connectivity index (χ1) is 9.11. The van der Waals surface area contributed by atoms with Crippen molar-refractivity contribution < 1.29 is 14.0 Å². The van der Waals surface area contributed by atoms with E-state index in [1.54, 1.807) is 12.1 Å². The summed E-state index contributed by atoms with van der Waals surface area (Å²) in [6, 6.07) is 6.39. The molecule has 0 saturated carbocycles. The Morgan fingerprint density at radius 2 is 1.95 bits per heavy atom. The van der Waals surface area contributed by atoms with Crippen LogP contribution in [0.5, 0.6) is 0 Å². The highest BCUT2D eigenvalue weighted by Gasteiger charge is 2.12. The van der Waals surface area contributed by atoms with E-state index in [1.165, 1.54) is 18.2 Å². The highest BCUT2D eigenvalue weighted by molar-refractivity contribution is 5.97. The lowest BCUT2D eigenvalue weighted by atomic mass is 10.1. The Morgan fingerprint density at radius 1 is 1.26 bits per heavy atom. The Kier molecular flexibility index (Phi) is 3.63. The molecular weight excluding hydrogens is 246 g/mol. The molecule has 1 aromatic carbocycles. The van der Waals surface area contributed by atoms with Crippen molar-refractivity contribution >= 4 is 12.0 Å². The van der Waals surface area contributed by atoms with Crippen molar-refractivity contribution in [1.29, 1.82) is 0 Å². The third-order valence-electron chi connectivity index (χ3n) is 2.46. The molecule has 0 aliphatic heterocycles. The maximum atomic E-state index is 11.3. The number of nitrogens with zero attached hydrogens (tertiary/aromatic N) is 3. The lowest BCUT2D eigenvalue weighted by Crippen LogP contribution is -1.93. The minimum atomic E-state index is -0.630. The van der Waals surface area contributed by atoms with Crippen LogP contribution >= 0.6 is 0 Å². The van der Waals surface area contributed by atoms with Crippen LogP contribution in [0.15, 0.2) is 33.7 Å². The molecule has 0 aliphatic rings. The maximum Gasteiger partial charge on any atom is 0.287 e. The number of carbonyl (C=O) groups is 1. The number of amides is 1. The molecule has 19 heavy (non-hydrogen) atoms. The topological polar surface area (TPSA) is 85.4 Å². The first-order valence-corrected chi connectivity index (χ1v) is 5.68. The third-order valence-corrected chi connectivity index (χ3v) is 2.46. The molecule has 96 valence electrons. The first kappa shape index (κ1) is 12.9. The van der Waals surface area contributed by atoms with Gasteiger partial charge in [0.05, 0.1) is 0 Å². The maximum absolute atomic E-state index is 11.3. The summed E-state index contributed by atoms with van der Waals surface area (Å²) in [6.07, 6.45) is 1.21. The summed E-state index contributed by atoms with van der Waals surface area (Å²) >= 11 is 0. The van der Waals surface area contributed by atoms with Crippen molar-refractivity contribution in [3.8, 4) is 11.5 Å². The lowest BCUT2D eigenvalue weighted by molar-refractivity contribution is 0.100. The molecular formula is C13H11N3O3. The second-order valence-electron chi connectivity index (χ2n) is 4.19. The third kappa shape index (κ3) is 2.81. The second-order valence-corrected chi connectivity index (χ2v) is 4.19. The van der Waals surface area contributed by atoms with E-state index >= 15 is 0 Å². The van der Waals surface area contributed by atoms with Gasteiger partial charge < -0.3 is 4.42 Å². The fourth-order valence-corrected chi connectivity index (χ4v) is 1.45. The molecule has 0 fully saturated rings. The summed E-state index contributed by atoms with van der Waals surface area (Å²) in [5.41, 5.74) is 1.00. The van der Waals surface area contributed by atoms with Crippen LogP contribution in [0.1, 0.15) is 36.0 Å². The molecule has 1 amide bonds. The highest BCUT2D eigenvalue weighted by atomic mass is 16.4. The van der Waals surface area contributed by atoms with Crippen LogP contribution in [0.2, 0.25) is 0 Å². The zero-order chi connectivity index (χ0) is 13.8. The van der Waals surface area contributed by atoms with Gasteiger partial charge in [-0.15, -0.1) is 15.2 Å². The quantitative estimate of drug-likeness (QED) is 0.622. The van der Waals surface area contributed by atoms with Crippen molar-refractivity contribution in [2.45, 2.75) is 19.8 Å². The van der Waals surface area contributed by atoms with Gasteiger partial charge in [0, 0.05) is 17.0 Å². The van der Waals surface area contributed by atoms with Gasteiger partial charge in [-0.05, 0) is 24.3 Å². The minimum absolute atomic E-state index is 0.157. The fourth-order valence-electron chi connectivity index (χ4n) is 1.45. The molecule has 1 heterocycles. The van der Waals surface area contributed by atoms with Gasteiger partial charge in [0.2, 0.25) is 17.9 Å². The molecule has 0 spiro atoms. The zero-order valence-electron chi connectivity index (χ0n) is 10.5. The van der Waals surface area contributed by atoms with E-state index in [0.29, 0.717) is 22.9 Å². The molecule has 0 saturated heterocycles. The van der Waals surface area contributed by atoms with Gasteiger partial charge in [0.1, 0.15) is 0 Å². The van der Waals surface area contributed by atoms with Crippen LogP contribution < -0.4 is 0 Å². The number of carbonyl (C=O) groups excluding carboxylic acids is 2. The Hall–Kier alpha value is -2.59. The van der Waals surface area contributed by atoms with Crippen LogP contribution in [0.25, 0.3) is 11.5 Å². The number of aliphatic imine (C=N–C) groups is 1. The SMILES string of the molecule is CC(C)c1nnc(-c2ccc(C(=O)N=C=O)cc2)o1. The smallest absolute Gasteiger partial charge is 0.287 e. The zero-order valence-corrected chi connectivity index (χ0v) is 10.5. The average Bonchev–Trinajstić information content (AvgIpc) is 2.89. The number of hydrogen-bond donors (Lipinski definition) is 0. The van der Waals surface area contributed by atoms with E-state index in [0.717, 1.165) is 0 Å². The molecule has 0 atom stereocenters. The van der Waals surface area contributed by atoms with Crippen LogP contribution in [0.4, 0.5) is 0 Å². The van der Waals surface area contributed by atoms with Crippen molar-refractivity contribution in [2.24, 2.45) is 4.99 Å². The van der Waals surface area contributed by atoms with Gasteiger partial charge >= 0.3 is 0 Å². The summed E-state index contributed by atoms with van der Waals surface area (Å²) in [5, 5.41) is 7.86. The summed E-state index contributed by atoms with van der Waals surface area (Å²) in [5.74, 6) is 0.473. The van der Waals surface area contributed by atoms with Crippen molar-refractivity contribution in [3.05, 3.63) is 35.7 Å². The predicted molar refractivity (Wildman–Crippen MR) is 66.3 cm³/mol. The largest absolute Gasteiger partial charge is 0.420 e. The molecule has 6 heteroatoms. The molecule has 0 unspecified atom stereocenters. The second kappa shape index (κ2) is 5.37. The van der Waals surface area contributed by atoms with Gasteiger partial charge in [-0.25, -0.2) is 4.79 Å². The van der Waals surface area contributed by atoms with E-state index in [9.17, 15) is 9.59 Å². The number of benzene rings is 1. The van der Waals surface area contributed by atoms with Crippen molar-refractivity contribution in [3.63, 3.8) is 0 Å². The van der Waals surface area contributed by atoms with Gasteiger partial charge in [-0.2, -0.15) is 0 Å². The first-order valence-electron chi connectivity index (χ1n) is 5.68. The summed E-state index contributed by atoms with van der Waals surface area (Å²) in [6.45, 7) is 3.91. The van der Waals surface area contributed by atoms with Crippen LogP contribution in [0.3, 0.4) is 0 Å². The fraction of sp³-hybridized carbons (Fsp3) is 0.231. The summed E-state index contributed by atoms with van der Waals surface area (Å²) < 4.78 is 5.49. The molecule has 0 N–H and O–H groups in total. The number of isocyanates is 1. The highest BCUT2D eigenvalue weighted by Crippen LogP contribution is 2.21. The molecule has 1 aromatic heterocycles. The van der Waals surface area contributed by atoms with E-state index in [2.05, 4.69) is 15.2 Å². The lowest BCUT2D eigenvalue weighted by Gasteiger charge is -1.97. The van der Waals surface area contributed by atoms with Crippen LogP contribution in [-0.4, -0.2) is 22.2 Å². The van der Waals surface area contributed by atoms with Gasteiger partial charge in [-0.3, -0.25) is 4.79 Å². The Bertz CT molecular complexity index is 637. The molecule has 0 aliphatic carbocycles. The van der Waals surface area contributed by atoms with Crippen molar-refractivity contribution in [2.75, 3.05) is 0 Å². The molecule has 2 aromatic rings.